The van der Waals surface area contributed by atoms with Crippen LogP contribution in [-0.4, -0.2) is 26.2 Å². The highest BCUT2D eigenvalue weighted by Gasteiger charge is 2.10. The predicted molar refractivity (Wildman–Crippen MR) is 80.6 cm³/mol. The summed E-state index contributed by atoms with van der Waals surface area (Å²) in [5.74, 6) is -0.670. The van der Waals surface area contributed by atoms with E-state index in [1.165, 1.54) is 14.2 Å². The molecule has 0 atom stereocenters. The lowest BCUT2D eigenvalue weighted by molar-refractivity contribution is -0.726. The van der Waals surface area contributed by atoms with Crippen LogP contribution in [0.15, 0.2) is 49.1 Å². The fraction of sp³-hybridized carbons (Fsp3) is 0.294. The molecular formula is C17H20N2O4+2. The van der Waals surface area contributed by atoms with E-state index < -0.39 is 0 Å². The average Bonchev–Trinajstić information content (AvgIpc) is 2.61. The molecule has 0 N–H and O–H groups in total. The quantitative estimate of drug-likeness (QED) is 0.587. The monoisotopic (exact) mass is 316 g/mol. The van der Waals surface area contributed by atoms with Crippen molar-refractivity contribution < 1.29 is 28.2 Å². The van der Waals surface area contributed by atoms with Crippen molar-refractivity contribution in [3.63, 3.8) is 0 Å². The number of carbonyl (C=O) groups excluding carboxylic acids is 2. The van der Waals surface area contributed by atoms with Gasteiger partial charge in [-0.05, 0) is 0 Å². The zero-order valence-electron chi connectivity index (χ0n) is 13.3. The Morgan fingerprint density at radius 1 is 0.783 bits per heavy atom. The highest BCUT2D eigenvalue weighted by Crippen LogP contribution is 1.98. The topological polar surface area (TPSA) is 60.4 Å². The number of aryl methyl sites for hydroxylation is 2. The van der Waals surface area contributed by atoms with Crippen LogP contribution in [0.3, 0.4) is 0 Å². The highest BCUT2D eigenvalue weighted by molar-refractivity contribution is 5.89. The SMILES string of the molecule is COC(=O)c1cc[n+](CCC[n+]2ccc(C(=O)OC)cc2)cc1. The Kier molecular flexibility index (Phi) is 5.80. The molecule has 0 saturated heterocycles. The minimum atomic E-state index is -0.335. The molecule has 0 fully saturated rings. The maximum absolute atomic E-state index is 11.4. The van der Waals surface area contributed by atoms with E-state index in [2.05, 4.69) is 9.47 Å². The second-order valence-corrected chi connectivity index (χ2v) is 4.99. The van der Waals surface area contributed by atoms with Crippen LogP contribution in [0, 0.1) is 0 Å². The number of hydrogen-bond donors (Lipinski definition) is 0. The van der Waals surface area contributed by atoms with Gasteiger partial charge in [0.15, 0.2) is 37.9 Å². The van der Waals surface area contributed by atoms with Gasteiger partial charge in [-0.15, -0.1) is 0 Å². The number of rotatable bonds is 6. The van der Waals surface area contributed by atoms with Crippen molar-refractivity contribution in [3.05, 3.63) is 60.2 Å². The summed E-state index contributed by atoms with van der Waals surface area (Å²) in [6, 6.07) is 6.96. The molecule has 0 unspecified atom stereocenters. The second kappa shape index (κ2) is 8.03. The molecule has 120 valence electrons. The van der Waals surface area contributed by atoms with Gasteiger partial charge in [0.25, 0.3) is 0 Å². The first-order chi connectivity index (χ1) is 11.1. The molecule has 2 aromatic heterocycles. The highest BCUT2D eigenvalue weighted by atomic mass is 16.5. The summed E-state index contributed by atoms with van der Waals surface area (Å²) >= 11 is 0. The van der Waals surface area contributed by atoms with Crippen molar-refractivity contribution in [3.8, 4) is 0 Å². The smallest absolute Gasteiger partial charge is 0.338 e. The lowest BCUT2D eigenvalue weighted by Gasteiger charge is -2.00. The predicted octanol–water partition coefficient (Wildman–Crippen LogP) is 0.925. The third-order valence-electron chi connectivity index (χ3n) is 3.46. The lowest BCUT2D eigenvalue weighted by atomic mass is 10.2. The van der Waals surface area contributed by atoms with Gasteiger partial charge in [-0.3, -0.25) is 0 Å². The van der Waals surface area contributed by atoms with Gasteiger partial charge >= 0.3 is 11.9 Å². The molecule has 0 bridgehead atoms. The van der Waals surface area contributed by atoms with Crippen molar-refractivity contribution in [1.82, 2.24) is 0 Å². The van der Waals surface area contributed by atoms with Crippen molar-refractivity contribution >= 4 is 11.9 Å². The largest absolute Gasteiger partial charge is 0.465 e. The minimum Gasteiger partial charge on any atom is -0.465 e. The molecule has 0 aliphatic heterocycles. The Hall–Kier alpha value is -2.76. The molecule has 2 rings (SSSR count). The Balaban J connectivity index is 1.85. The Labute approximate surface area is 134 Å². The van der Waals surface area contributed by atoms with Crippen molar-refractivity contribution in [2.45, 2.75) is 19.5 Å². The molecule has 0 amide bonds. The van der Waals surface area contributed by atoms with Crippen LogP contribution in [0.2, 0.25) is 0 Å². The van der Waals surface area contributed by atoms with E-state index in [0.29, 0.717) is 11.1 Å². The normalized spacial score (nSPS) is 10.2. The van der Waals surface area contributed by atoms with E-state index in [-0.39, 0.29) is 11.9 Å². The third-order valence-corrected chi connectivity index (χ3v) is 3.46. The number of carbonyl (C=O) groups is 2. The molecule has 0 aliphatic rings. The number of nitrogens with zero attached hydrogens (tertiary/aromatic N) is 2. The molecule has 0 spiro atoms. The van der Waals surface area contributed by atoms with E-state index in [1.807, 2.05) is 33.9 Å². The summed E-state index contributed by atoms with van der Waals surface area (Å²) in [4.78, 5) is 22.7. The van der Waals surface area contributed by atoms with E-state index in [0.717, 1.165) is 19.5 Å². The lowest BCUT2D eigenvalue weighted by Crippen LogP contribution is -2.38. The molecule has 0 radical (unpaired) electrons. The summed E-state index contributed by atoms with van der Waals surface area (Å²) in [5, 5.41) is 0. The average molecular weight is 316 g/mol. The fourth-order valence-electron chi connectivity index (χ4n) is 2.16. The van der Waals surface area contributed by atoms with E-state index in [9.17, 15) is 9.59 Å². The maximum atomic E-state index is 11.4. The standard InChI is InChI=1S/C17H20N2O4/c1-22-16(20)14-4-10-18(11-5-14)8-3-9-19-12-6-15(7-13-19)17(21)23-2/h4-7,10-13H,3,8-9H2,1-2H3/q+2. The van der Waals surface area contributed by atoms with E-state index in [1.54, 1.807) is 24.3 Å². The summed E-state index contributed by atoms with van der Waals surface area (Å²) in [6.45, 7) is 1.65. The molecule has 0 aromatic carbocycles. The summed E-state index contributed by atoms with van der Waals surface area (Å²) in [5.41, 5.74) is 1.08. The Morgan fingerprint density at radius 2 is 1.13 bits per heavy atom. The second-order valence-electron chi connectivity index (χ2n) is 4.99. The van der Waals surface area contributed by atoms with Crippen LogP contribution in [0.4, 0.5) is 0 Å². The van der Waals surface area contributed by atoms with Gasteiger partial charge in [-0.25, -0.2) is 18.7 Å². The van der Waals surface area contributed by atoms with Crippen molar-refractivity contribution in [2.24, 2.45) is 0 Å². The van der Waals surface area contributed by atoms with Crippen LogP contribution >= 0.6 is 0 Å². The molecule has 0 aliphatic carbocycles. The number of ether oxygens (including phenoxy) is 2. The fourth-order valence-corrected chi connectivity index (χ4v) is 2.16. The molecule has 6 heteroatoms. The number of esters is 2. The Bertz CT molecular complexity index is 606. The van der Waals surface area contributed by atoms with E-state index >= 15 is 0 Å². The summed E-state index contributed by atoms with van der Waals surface area (Å²) in [6.07, 6.45) is 8.35. The molecule has 23 heavy (non-hydrogen) atoms. The molecule has 0 saturated carbocycles. The van der Waals surface area contributed by atoms with Gasteiger partial charge in [0.05, 0.1) is 31.8 Å². The van der Waals surface area contributed by atoms with Crippen LogP contribution < -0.4 is 9.13 Å². The number of aromatic nitrogens is 2. The number of methoxy groups -OCH3 is 2. The third kappa shape index (κ3) is 4.60. The first-order valence-electron chi connectivity index (χ1n) is 7.29. The van der Waals surface area contributed by atoms with Gasteiger partial charge in [0.2, 0.25) is 0 Å². The van der Waals surface area contributed by atoms with Crippen molar-refractivity contribution in [2.75, 3.05) is 14.2 Å². The Morgan fingerprint density at radius 3 is 1.43 bits per heavy atom. The zero-order chi connectivity index (χ0) is 16.7. The zero-order valence-corrected chi connectivity index (χ0v) is 13.3. The van der Waals surface area contributed by atoms with Crippen LogP contribution in [0.5, 0.6) is 0 Å². The number of pyridine rings is 2. The van der Waals surface area contributed by atoms with Crippen molar-refractivity contribution in [1.29, 1.82) is 0 Å². The first-order valence-corrected chi connectivity index (χ1v) is 7.29. The summed E-state index contributed by atoms with van der Waals surface area (Å²) in [7, 11) is 2.73. The van der Waals surface area contributed by atoms with Crippen LogP contribution in [-0.2, 0) is 22.6 Å². The van der Waals surface area contributed by atoms with Gasteiger partial charge in [0.1, 0.15) is 0 Å². The van der Waals surface area contributed by atoms with Gasteiger partial charge in [-0.2, -0.15) is 0 Å². The van der Waals surface area contributed by atoms with Crippen LogP contribution in [0.1, 0.15) is 27.1 Å². The van der Waals surface area contributed by atoms with Gasteiger partial charge < -0.3 is 9.47 Å². The number of hydrogen-bond acceptors (Lipinski definition) is 4. The van der Waals surface area contributed by atoms with Gasteiger partial charge in [0, 0.05) is 24.3 Å². The minimum absolute atomic E-state index is 0.335. The van der Waals surface area contributed by atoms with E-state index in [4.69, 9.17) is 0 Å². The van der Waals surface area contributed by atoms with Crippen LogP contribution in [0.25, 0.3) is 0 Å². The maximum Gasteiger partial charge on any atom is 0.338 e. The summed E-state index contributed by atoms with van der Waals surface area (Å²) < 4.78 is 13.3. The van der Waals surface area contributed by atoms with Gasteiger partial charge in [-0.1, -0.05) is 0 Å². The molecule has 6 nitrogen and oxygen atoms in total. The molecule has 2 heterocycles. The first kappa shape index (κ1) is 16.6. The molecular weight excluding hydrogens is 296 g/mol. The molecule has 2 aromatic rings.